The van der Waals surface area contributed by atoms with Gasteiger partial charge in [-0.3, -0.25) is 5.73 Å². The van der Waals surface area contributed by atoms with Crippen molar-refractivity contribution in [3.05, 3.63) is 12.7 Å². The zero-order chi connectivity index (χ0) is 9.19. The van der Waals surface area contributed by atoms with Crippen molar-refractivity contribution in [1.82, 2.24) is 0 Å². The molecule has 12 heavy (non-hydrogen) atoms. The van der Waals surface area contributed by atoms with E-state index in [9.17, 15) is 0 Å². The molecule has 0 spiro atoms. The lowest BCUT2D eigenvalue weighted by atomic mass is 10.1. The Labute approximate surface area is 72.5 Å². The molecule has 0 saturated carbocycles. The zero-order valence-electron chi connectivity index (χ0n) is 7.32. The topological polar surface area (TPSA) is 70.5 Å². The van der Waals surface area contributed by atoms with E-state index in [4.69, 9.17) is 20.9 Å². The van der Waals surface area contributed by atoms with Gasteiger partial charge in [-0.2, -0.15) is 0 Å². The fourth-order valence-electron chi connectivity index (χ4n) is 1.12. The van der Waals surface area contributed by atoms with E-state index in [-0.39, 0.29) is 12.1 Å². The van der Waals surface area contributed by atoms with Crippen LogP contribution in [0, 0.1) is 0 Å². The Morgan fingerprint density at radius 1 is 1.75 bits per heavy atom. The summed E-state index contributed by atoms with van der Waals surface area (Å²) >= 11 is 0. The summed E-state index contributed by atoms with van der Waals surface area (Å²) in [5, 5.41) is 0. The largest absolute Gasteiger partial charge is 0.336 e. The van der Waals surface area contributed by atoms with Crippen LogP contribution in [-0.2, 0) is 9.47 Å². The Kier molecular flexibility index (Phi) is 2.85. The average molecular weight is 172 g/mol. The van der Waals surface area contributed by atoms with Crippen LogP contribution in [0.4, 0.5) is 0 Å². The first kappa shape index (κ1) is 9.67. The Hall–Kier alpha value is -0.420. The van der Waals surface area contributed by atoms with E-state index in [1.54, 1.807) is 6.08 Å². The van der Waals surface area contributed by atoms with Crippen LogP contribution in [0.5, 0.6) is 0 Å². The highest BCUT2D eigenvalue weighted by Crippen LogP contribution is 2.20. The van der Waals surface area contributed by atoms with Crippen molar-refractivity contribution in [2.24, 2.45) is 11.5 Å². The average Bonchev–Trinajstić information content (AvgIpc) is 1.98. The normalized spacial score (nSPS) is 42.6. The Bertz CT molecular complexity index is 174. The first-order valence-electron chi connectivity index (χ1n) is 4.04. The van der Waals surface area contributed by atoms with E-state index in [1.165, 1.54) is 0 Å². The van der Waals surface area contributed by atoms with E-state index in [0.29, 0.717) is 13.0 Å². The van der Waals surface area contributed by atoms with Crippen LogP contribution in [0.1, 0.15) is 13.3 Å². The summed E-state index contributed by atoms with van der Waals surface area (Å²) in [6.07, 6.45) is 2.08. The van der Waals surface area contributed by atoms with Gasteiger partial charge in [-0.15, -0.1) is 6.58 Å². The van der Waals surface area contributed by atoms with E-state index in [2.05, 4.69) is 6.58 Å². The molecule has 0 bridgehead atoms. The second-order valence-electron chi connectivity index (χ2n) is 3.10. The molecule has 0 aromatic rings. The van der Waals surface area contributed by atoms with Gasteiger partial charge in [0.1, 0.15) is 0 Å². The van der Waals surface area contributed by atoms with Crippen molar-refractivity contribution in [3.63, 3.8) is 0 Å². The van der Waals surface area contributed by atoms with Gasteiger partial charge in [-0.05, 0) is 6.92 Å². The molecule has 0 aromatic heterocycles. The second-order valence-corrected chi connectivity index (χ2v) is 3.10. The molecular formula is C8H16N2O2. The second kappa shape index (κ2) is 3.53. The van der Waals surface area contributed by atoms with E-state index in [1.807, 2.05) is 6.92 Å². The molecule has 1 aliphatic heterocycles. The van der Waals surface area contributed by atoms with Crippen molar-refractivity contribution >= 4 is 0 Å². The van der Waals surface area contributed by atoms with Gasteiger partial charge in [0, 0.05) is 6.42 Å². The van der Waals surface area contributed by atoms with Gasteiger partial charge < -0.3 is 15.2 Å². The fourth-order valence-corrected chi connectivity index (χ4v) is 1.12. The molecule has 1 fully saturated rings. The van der Waals surface area contributed by atoms with Gasteiger partial charge in [0.2, 0.25) is 5.91 Å². The van der Waals surface area contributed by atoms with Gasteiger partial charge in [0.05, 0.1) is 18.8 Å². The summed E-state index contributed by atoms with van der Waals surface area (Å²) in [6.45, 7) is 5.90. The standard InChI is InChI=1S/C8H16N2O2/c1-3-4-8(10)11-5-7(9)6(2)12-8/h3,6-7H,1,4-5,9-10H2,2H3/t6-,7-,8+/m1/s1. The number of nitrogens with two attached hydrogens (primary N) is 2. The maximum Gasteiger partial charge on any atom is 0.228 e. The molecule has 4 nitrogen and oxygen atoms in total. The highest BCUT2D eigenvalue weighted by Gasteiger charge is 2.35. The lowest BCUT2D eigenvalue weighted by Gasteiger charge is -2.39. The lowest BCUT2D eigenvalue weighted by molar-refractivity contribution is -0.290. The maximum atomic E-state index is 5.75. The zero-order valence-corrected chi connectivity index (χ0v) is 7.32. The summed E-state index contributed by atoms with van der Waals surface area (Å²) in [5.41, 5.74) is 11.4. The number of hydrogen-bond acceptors (Lipinski definition) is 4. The van der Waals surface area contributed by atoms with E-state index >= 15 is 0 Å². The number of ether oxygens (including phenoxy) is 2. The summed E-state index contributed by atoms with van der Waals surface area (Å²) in [4.78, 5) is 0. The van der Waals surface area contributed by atoms with Crippen LogP contribution >= 0.6 is 0 Å². The van der Waals surface area contributed by atoms with E-state index in [0.717, 1.165) is 0 Å². The van der Waals surface area contributed by atoms with Crippen LogP contribution in [0.15, 0.2) is 12.7 Å². The summed E-state index contributed by atoms with van der Waals surface area (Å²) in [7, 11) is 0. The van der Waals surface area contributed by atoms with Crippen LogP contribution in [0.2, 0.25) is 0 Å². The van der Waals surface area contributed by atoms with Crippen LogP contribution in [0.3, 0.4) is 0 Å². The minimum atomic E-state index is -1.02. The van der Waals surface area contributed by atoms with Crippen molar-refractivity contribution in [1.29, 1.82) is 0 Å². The summed E-state index contributed by atoms with van der Waals surface area (Å²) < 4.78 is 10.6. The first-order chi connectivity index (χ1) is 5.57. The Balaban J connectivity index is 2.53. The molecule has 0 aliphatic carbocycles. The van der Waals surface area contributed by atoms with Crippen LogP contribution < -0.4 is 11.5 Å². The van der Waals surface area contributed by atoms with Crippen LogP contribution in [-0.4, -0.2) is 24.7 Å². The molecule has 70 valence electrons. The summed E-state index contributed by atoms with van der Waals surface area (Å²) in [6, 6.07) is -0.0912. The minimum absolute atomic E-state index is 0.0660. The smallest absolute Gasteiger partial charge is 0.228 e. The molecule has 1 aliphatic rings. The van der Waals surface area contributed by atoms with Gasteiger partial charge in [0.25, 0.3) is 0 Å². The monoisotopic (exact) mass is 172 g/mol. The molecule has 0 aromatic carbocycles. The van der Waals surface area contributed by atoms with Crippen molar-refractivity contribution < 1.29 is 9.47 Å². The molecular weight excluding hydrogens is 156 g/mol. The molecule has 1 heterocycles. The number of hydrogen-bond donors (Lipinski definition) is 2. The SMILES string of the molecule is C=CC[C@]1(N)OC[C@@H](N)[C@@H](C)O1. The number of rotatable bonds is 2. The van der Waals surface area contributed by atoms with Crippen molar-refractivity contribution in [2.45, 2.75) is 31.4 Å². The lowest BCUT2D eigenvalue weighted by Crippen LogP contribution is -2.58. The van der Waals surface area contributed by atoms with Crippen LogP contribution in [0.25, 0.3) is 0 Å². The molecule has 4 heteroatoms. The predicted molar refractivity (Wildman–Crippen MR) is 46.2 cm³/mol. The van der Waals surface area contributed by atoms with Crippen molar-refractivity contribution in [3.8, 4) is 0 Å². The third kappa shape index (κ3) is 2.04. The fraction of sp³-hybridized carbons (Fsp3) is 0.750. The maximum absolute atomic E-state index is 5.75. The Morgan fingerprint density at radius 2 is 2.42 bits per heavy atom. The molecule has 4 N–H and O–H groups in total. The molecule has 0 radical (unpaired) electrons. The minimum Gasteiger partial charge on any atom is -0.336 e. The molecule has 3 atom stereocenters. The first-order valence-corrected chi connectivity index (χ1v) is 4.04. The highest BCUT2D eigenvalue weighted by atomic mass is 16.7. The third-order valence-corrected chi connectivity index (χ3v) is 1.94. The van der Waals surface area contributed by atoms with Gasteiger partial charge in [-0.1, -0.05) is 6.08 Å². The van der Waals surface area contributed by atoms with Gasteiger partial charge >= 0.3 is 0 Å². The Morgan fingerprint density at radius 3 is 2.92 bits per heavy atom. The summed E-state index contributed by atoms with van der Waals surface area (Å²) in [5.74, 6) is -1.02. The molecule has 0 unspecified atom stereocenters. The third-order valence-electron chi connectivity index (χ3n) is 1.94. The molecule has 1 rings (SSSR count). The highest BCUT2D eigenvalue weighted by molar-refractivity contribution is 4.83. The van der Waals surface area contributed by atoms with E-state index < -0.39 is 5.91 Å². The van der Waals surface area contributed by atoms with Gasteiger partial charge in [0.15, 0.2) is 0 Å². The van der Waals surface area contributed by atoms with Crippen molar-refractivity contribution in [2.75, 3.05) is 6.61 Å². The quantitative estimate of drug-likeness (QED) is 0.572. The predicted octanol–water partition coefficient (Wildman–Crippen LogP) is -0.0624. The van der Waals surface area contributed by atoms with Gasteiger partial charge in [-0.25, -0.2) is 0 Å². The molecule has 0 amide bonds. The molecule has 1 saturated heterocycles.